The van der Waals surface area contributed by atoms with Gasteiger partial charge in [-0.3, -0.25) is 9.97 Å². The van der Waals surface area contributed by atoms with Gasteiger partial charge in [0.2, 0.25) is 0 Å². The first-order valence-electron chi connectivity index (χ1n) is 8.03. The van der Waals surface area contributed by atoms with Crippen LogP contribution in [0.1, 0.15) is 12.1 Å². The second-order valence-corrected chi connectivity index (χ2v) is 5.66. The van der Waals surface area contributed by atoms with Gasteiger partial charge in [-0.1, -0.05) is 12.1 Å². The second-order valence-electron chi connectivity index (χ2n) is 5.66. The number of hydrogen-bond acceptors (Lipinski definition) is 5. The number of fused-ring (bicyclic) bond motifs is 2. The van der Waals surface area contributed by atoms with Crippen LogP contribution in [0.2, 0.25) is 0 Å². The molecule has 0 spiro atoms. The van der Waals surface area contributed by atoms with Gasteiger partial charge in [-0.15, -0.1) is 0 Å². The average molecular weight is 328 g/mol. The van der Waals surface area contributed by atoms with Gasteiger partial charge in [-0.05, 0) is 42.8 Å². The Labute approximate surface area is 144 Å². The molecule has 3 heterocycles. The molecule has 3 aromatic heterocycles. The number of benzene rings is 1. The molecule has 6 nitrogen and oxygen atoms in total. The first-order valence-corrected chi connectivity index (χ1v) is 8.03. The van der Waals surface area contributed by atoms with Crippen LogP contribution in [0.5, 0.6) is 0 Å². The fourth-order valence-corrected chi connectivity index (χ4v) is 2.58. The van der Waals surface area contributed by atoms with Crippen LogP contribution < -0.4 is 5.73 Å². The van der Waals surface area contributed by atoms with Crippen LogP contribution in [0.3, 0.4) is 0 Å². The molecule has 0 saturated heterocycles. The zero-order chi connectivity index (χ0) is 17.1. The predicted octanol–water partition coefficient (Wildman–Crippen LogP) is 3.19. The van der Waals surface area contributed by atoms with E-state index < -0.39 is 0 Å². The Balaban J connectivity index is 1.49. The molecule has 0 aliphatic heterocycles. The quantitative estimate of drug-likeness (QED) is 0.459. The topological polar surface area (TPSA) is 89.9 Å². The van der Waals surface area contributed by atoms with Crippen LogP contribution in [-0.2, 0) is 6.42 Å². The van der Waals surface area contributed by atoms with Crippen LogP contribution >= 0.6 is 0 Å². The monoisotopic (exact) mass is 328 g/mol. The van der Waals surface area contributed by atoms with E-state index >= 15 is 0 Å². The summed E-state index contributed by atoms with van der Waals surface area (Å²) in [5.41, 5.74) is 10.4. The Bertz CT molecular complexity index is 1070. The molecule has 1 aromatic carbocycles. The van der Waals surface area contributed by atoms with E-state index in [0.29, 0.717) is 24.5 Å². The van der Waals surface area contributed by atoms with Crippen LogP contribution in [0, 0.1) is 0 Å². The van der Waals surface area contributed by atoms with Crippen molar-refractivity contribution in [1.29, 1.82) is 0 Å². The van der Waals surface area contributed by atoms with Gasteiger partial charge in [0, 0.05) is 18.8 Å². The second kappa shape index (κ2) is 6.60. The molecule has 4 rings (SSSR count). The van der Waals surface area contributed by atoms with Gasteiger partial charge in [-0.25, -0.2) is 15.0 Å². The van der Waals surface area contributed by atoms with E-state index in [1.54, 1.807) is 12.4 Å². The molecule has 0 fully saturated rings. The van der Waals surface area contributed by atoms with Gasteiger partial charge < -0.3 is 5.73 Å². The Kier molecular flexibility index (Phi) is 4.00. The number of nitrogens with zero attached hydrogens (tertiary/aromatic N) is 5. The zero-order valence-corrected chi connectivity index (χ0v) is 13.5. The lowest BCUT2D eigenvalue weighted by Crippen LogP contribution is -2.12. The molecular weight excluding hydrogens is 312 g/mol. The highest BCUT2D eigenvalue weighted by molar-refractivity contribution is 5.84. The maximum absolute atomic E-state index is 6.06. The maximum Gasteiger partial charge on any atom is 0.154 e. The van der Waals surface area contributed by atoms with E-state index in [1.807, 2.05) is 48.5 Å². The zero-order valence-electron chi connectivity index (χ0n) is 13.5. The SMILES string of the molecule is NC(CCc1cnc2ccccc2n1)=Nc1ccc2ncccc2n1. The Hall–Kier alpha value is -3.41. The van der Waals surface area contributed by atoms with Crippen LogP contribution in [0.4, 0.5) is 5.82 Å². The van der Waals surface area contributed by atoms with Gasteiger partial charge in [0.05, 0.1) is 27.8 Å². The van der Waals surface area contributed by atoms with E-state index in [9.17, 15) is 0 Å². The normalized spacial score (nSPS) is 11.9. The number of aryl methyl sites for hydroxylation is 1. The summed E-state index contributed by atoms with van der Waals surface area (Å²) < 4.78 is 0. The summed E-state index contributed by atoms with van der Waals surface area (Å²) in [4.78, 5) is 22.1. The minimum atomic E-state index is 0.519. The fraction of sp³-hybridized carbons (Fsp3) is 0.105. The summed E-state index contributed by atoms with van der Waals surface area (Å²) in [5.74, 6) is 1.10. The van der Waals surface area contributed by atoms with E-state index in [0.717, 1.165) is 27.8 Å². The third-order valence-corrected chi connectivity index (χ3v) is 3.84. The van der Waals surface area contributed by atoms with Crippen LogP contribution in [-0.4, -0.2) is 25.8 Å². The van der Waals surface area contributed by atoms with Gasteiger partial charge in [0.25, 0.3) is 0 Å². The molecular formula is C19H16N6. The highest BCUT2D eigenvalue weighted by Crippen LogP contribution is 2.15. The molecule has 2 N–H and O–H groups in total. The number of para-hydroxylation sites is 2. The Morgan fingerprint density at radius 3 is 2.52 bits per heavy atom. The summed E-state index contributed by atoms with van der Waals surface area (Å²) in [6.07, 6.45) is 4.81. The summed E-state index contributed by atoms with van der Waals surface area (Å²) in [5, 5.41) is 0. The first kappa shape index (κ1) is 15.1. The van der Waals surface area contributed by atoms with E-state index in [2.05, 4.69) is 24.9 Å². The highest BCUT2D eigenvalue weighted by Gasteiger charge is 2.03. The lowest BCUT2D eigenvalue weighted by molar-refractivity contribution is 0.960. The molecule has 4 aromatic rings. The molecule has 0 radical (unpaired) electrons. The Morgan fingerprint density at radius 2 is 1.60 bits per heavy atom. The smallest absolute Gasteiger partial charge is 0.154 e. The molecule has 25 heavy (non-hydrogen) atoms. The van der Waals surface area contributed by atoms with Crippen molar-refractivity contribution in [3.8, 4) is 0 Å². The largest absolute Gasteiger partial charge is 0.387 e. The number of aromatic nitrogens is 4. The van der Waals surface area contributed by atoms with Crippen molar-refractivity contribution in [2.75, 3.05) is 0 Å². The minimum absolute atomic E-state index is 0.519. The van der Waals surface area contributed by atoms with E-state index in [-0.39, 0.29) is 0 Å². The molecule has 0 saturated carbocycles. The molecule has 0 unspecified atom stereocenters. The van der Waals surface area contributed by atoms with Gasteiger partial charge in [-0.2, -0.15) is 0 Å². The number of nitrogens with two attached hydrogens (primary N) is 1. The molecule has 0 bridgehead atoms. The molecule has 0 atom stereocenters. The molecule has 122 valence electrons. The minimum Gasteiger partial charge on any atom is -0.387 e. The highest BCUT2D eigenvalue weighted by atomic mass is 15.0. The number of pyridine rings is 2. The van der Waals surface area contributed by atoms with Crippen molar-refractivity contribution in [3.05, 3.63) is 66.6 Å². The number of amidine groups is 1. The predicted molar refractivity (Wildman–Crippen MR) is 98.7 cm³/mol. The number of rotatable bonds is 4. The third kappa shape index (κ3) is 3.42. The Morgan fingerprint density at radius 1 is 0.840 bits per heavy atom. The summed E-state index contributed by atoms with van der Waals surface area (Å²) >= 11 is 0. The van der Waals surface area contributed by atoms with E-state index in [1.165, 1.54) is 0 Å². The molecule has 0 aliphatic carbocycles. The van der Waals surface area contributed by atoms with Crippen molar-refractivity contribution in [3.63, 3.8) is 0 Å². The van der Waals surface area contributed by atoms with Crippen LogP contribution in [0.15, 0.2) is 65.9 Å². The number of hydrogen-bond donors (Lipinski definition) is 1. The third-order valence-electron chi connectivity index (χ3n) is 3.84. The fourth-order valence-electron chi connectivity index (χ4n) is 2.58. The molecule has 0 aliphatic rings. The summed E-state index contributed by atoms with van der Waals surface area (Å²) in [6.45, 7) is 0. The molecule has 0 amide bonds. The van der Waals surface area contributed by atoms with Crippen molar-refractivity contribution in [2.45, 2.75) is 12.8 Å². The number of aliphatic imine (C=N–C) groups is 1. The molecule has 6 heteroatoms. The average Bonchev–Trinajstić information content (AvgIpc) is 2.66. The van der Waals surface area contributed by atoms with Crippen LogP contribution in [0.25, 0.3) is 22.1 Å². The lowest BCUT2D eigenvalue weighted by Gasteiger charge is -2.03. The van der Waals surface area contributed by atoms with E-state index in [4.69, 9.17) is 5.73 Å². The van der Waals surface area contributed by atoms with Crippen molar-refractivity contribution in [2.24, 2.45) is 10.7 Å². The van der Waals surface area contributed by atoms with Crippen molar-refractivity contribution < 1.29 is 0 Å². The van der Waals surface area contributed by atoms with Gasteiger partial charge >= 0.3 is 0 Å². The van der Waals surface area contributed by atoms with Gasteiger partial charge in [0.1, 0.15) is 5.84 Å². The maximum atomic E-state index is 6.06. The summed E-state index contributed by atoms with van der Waals surface area (Å²) in [6, 6.07) is 15.3. The van der Waals surface area contributed by atoms with Crippen molar-refractivity contribution >= 4 is 33.7 Å². The first-order chi connectivity index (χ1) is 12.3. The standard InChI is InChI=1S/C19H16N6/c20-18(25-19-10-8-15-17(24-19)6-3-11-21-15)9-7-13-12-22-14-4-1-2-5-16(14)23-13/h1-6,8,10-12H,7,9H2,(H2,20,24,25). The van der Waals surface area contributed by atoms with Crippen molar-refractivity contribution in [1.82, 2.24) is 19.9 Å². The summed E-state index contributed by atoms with van der Waals surface area (Å²) in [7, 11) is 0. The van der Waals surface area contributed by atoms with Gasteiger partial charge in [0.15, 0.2) is 5.82 Å². The lowest BCUT2D eigenvalue weighted by atomic mass is 10.2.